The average molecular weight is 204 g/mol. The minimum absolute atomic E-state index is 0. The Kier molecular flexibility index (Phi) is 24.1. The first-order valence-electron chi connectivity index (χ1n) is 4.26. The van der Waals surface area contributed by atoms with Crippen molar-refractivity contribution >= 4 is 0 Å². The molecule has 6 N–H and O–H groups in total. The number of rotatable bonds is 1. The van der Waals surface area contributed by atoms with Gasteiger partial charge in [-0.1, -0.05) is 44.2 Å². The molecule has 4 nitrogen and oxygen atoms in total. The monoisotopic (exact) mass is 204 g/mol. The molecule has 1 aromatic rings. The average Bonchev–Trinajstić information content (AvgIpc) is 2.23. The van der Waals surface area contributed by atoms with Gasteiger partial charge < -0.3 is 11.9 Å². The first kappa shape index (κ1) is 18.8. The molecule has 0 aliphatic heterocycles. The van der Waals surface area contributed by atoms with Crippen LogP contribution in [0, 0.1) is 0 Å². The van der Waals surface area contributed by atoms with Gasteiger partial charge in [0.1, 0.15) is 0 Å². The van der Waals surface area contributed by atoms with E-state index in [9.17, 15) is 0 Å². The standard InChI is InChI=1S/C7H9N.C2H6.CH4O2.H3N.H2/c8-6-7-4-2-1-3-5-7;1-2;1-3-2;;/h1-5H,6,8H2;1-2H3;2H,1H3;1H3;1H. The maximum atomic E-state index is 7.07. The van der Waals surface area contributed by atoms with E-state index in [1.807, 2.05) is 44.2 Å². The van der Waals surface area contributed by atoms with Crippen molar-refractivity contribution in [3.63, 3.8) is 0 Å². The van der Waals surface area contributed by atoms with Crippen LogP contribution in [-0.2, 0) is 11.4 Å². The van der Waals surface area contributed by atoms with Crippen LogP contribution in [0.2, 0.25) is 0 Å². The van der Waals surface area contributed by atoms with Gasteiger partial charge in [-0.05, 0) is 5.56 Å². The summed E-state index contributed by atoms with van der Waals surface area (Å²) in [5.74, 6) is 0. The third-order valence-corrected chi connectivity index (χ3v) is 1.08. The second-order valence-corrected chi connectivity index (χ2v) is 1.87. The number of hydrogen-bond acceptors (Lipinski definition) is 4. The van der Waals surface area contributed by atoms with E-state index in [0.717, 1.165) is 0 Å². The van der Waals surface area contributed by atoms with Gasteiger partial charge in [0.2, 0.25) is 0 Å². The first-order valence-corrected chi connectivity index (χ1v) is 4.26. The minimum atomic E-state index is 0. The maximum absolute atomic E-state index is 7.07. The summed E-state index contributed by atoms with van der Waals surface area (Å²) in [6, 6.07) is 9.99. The molecule has 0 unspecified atom stereocenters. The summed E-state index contributed by atoms with van der Waals surface area (Å²) < 4.78 is 0. The van der Waals surface area contributed by atoms with Crippen LogP contribution in [0.4, 0.5) is 0 Å². The summed E-state index contributed by atoms with van der Waals surface area (Å²) in [7, 11) is 1.18. The highest BCUT2D eigenvalue weighted by Crippen LogP contribution is 1.94. The minimum Gasteiger partial charge on any atom is -0.344 e. The molecule has 1 aromatic carbocycles. The Morgan fingerprint density at radius 1 is 1.29 bits per heavy atom. The molecule has 86 valence electrons. The molecule has 0 spiro atoms. The van der Waals surface area contributed by atoms with E-state index in [1.54, 1.807) is 0 Å². The maximum Gasteiger partial charge on any atom is 0.0710 e. The summed E-state index contributed by atoms with van der Waals surface area (Å²) in [6.45, 7) is 4.64. The highest BCUT2D eigenvalue weighted by atomic mass is 17.1. The van der Waals surface area contributed by atoms with Crippen LogP contribution < -0.4 is 11.9 Å². The molecule has 0 fully saturated rings. The van der Waals surface area contributed by atoms with Gasteiger partial charge >= 0.3 is 0 Å². The summed E-state index contributed by atoms with van der Waals surface area (Å²) in [5, 5.41) is 7.07. The third-order valence-electron chi connectivity index (χ3n) is 1.08. The van der Waals surface area contributed by atoms with Gasteiger partial charge in [0.15, 0.2) is 0 Å². The third kappa shape index (κ3) is 13.6. The van der Waals surface area contributed by atoms with Gasteiger partial charge in [0.25, 0.3) is 0 Å². The van der Waals surface area contributed by atoms with Gasteiger partial charge in [0.05, 0.1) is 7.11 Å². The van der Waals surface area contributed by atoms with Crippen LogP contribution in [-0.4, -0.2) is 12.4 Å². The first-order chi connectivity index (χ1) is 6.35. The predicted molar refractivity (Wildman–Crippen MR) is 62.5 cm³/mol. The van der Waals surface area contributed by atoms with Crippen molar-refractivity contribution in [1.29, 1.82) is 0 Å². The van der Waals surface area contributed by atoms with Crippen LogP contribution in [0.5, 0.6) is 0 Å². The molecule has 0 aliphatic rings. The number of hydrogen-bond donors (Lipinski definition) is 3. The highest BCUT2D eigenvalue weighted by Gasteiger charge is 1.80. The van der Waals surface area contributed by atoms with E-state index >= 15 is 0 Å². The van der Waals surface area contributed by atoms with Gasteiger partial charge in [-0.25, -0.2) is 4.89 Å². The van der Waals surface area contributed by atoms with E-state index in [-0.39, 0.29) is 7.58 Å². The molecule has 0 aromatic heterocycles. The quantitative estimate of drug-likeness (QED) is 0.484. The Hall–Kier alpha value is -0.940. The zero-order valence-corrected chi connectivity index (χ0v) is 9.23. The fourth-order valence-electron chi connectivity index (χ4n) is 0.614. The molecule has 0 bridgehead atoms. The molecule has 0 amide bonds. The molecule has 0 atom stereocenters. The Balaban J connectivity index is -0.0000000763. The molecule has 0 radical (unpaired) electrons. The Bertz CT molecular complexity index is 174. The highest BCUT2D eigenvalue weighted by molar-refractivity contribution is 5.13. The van der Waals surface area contributed by atoms with Crippen molar-refractivity contribution in [1.82, 2.24) is 6.15 Å². The van der Waals surface area contributed by atoms with Crippen molar-refractivity contribution in [3.8, 4) is 0 Å². The van der Waals surface area contributed by atoms with E-state index < -0.39 is 0 Å². The normalized spacial score (nSPS) is 6.93. The summed E-state index contributed by atoms with van der Waals surface area (Å²) in [6.07, 6.45) is 0. The largest absolute Gasteiger partial charge is 0.344 e. The van der Waals surface area contributed by atoms with Crippen molar-refractivity contribution in [2.45, 2.75) is 20.4 Å². The van der Waals surface area contributed by atoms with Crippen molar-refractivity contribution in [3.05, 3.63) is 35.9 Å². The molecule has 0 saturated carbocycles. The Morgan fingerprint density at radius 2 is 1.64 bits per heavy atom. The molecular weight excluding hydrogens is 180 g/mol. The van der Waals surface area contributed by atoms with Crippen LogP contribution in [0.3, 0.4) is 0 Å². The lowest BCUT2D eigenvalue weighted by molar-refractivity contribution is -0.214. The SMILES string of the molecule is CC.COO.N.NCc1ccccc1.[HH]. The second kappa shape index (κ2) is 18.0. The zero-order valence-electron chi connectivity index (χ0n) is 9.23. The van der Waals surface area contributed by atoms with Crippen molar-refractivity contribution in [2.75, 3.05) is 7.11 Å². The smallest absolute Gasteiger partial charge is 0.0710 e. The van der Waals surface area contributed by atoms with Crippen molar-refractivity contribution < 1.29 is 11.6 Å². The Morgan fingerprint density at radius 3 is 1.86 bits per heavy atom. The molecular formula is C10H24N2O2. The van der Waals surface area contributed by atoms with E-state index in [4.69, 9.17) is 11.0 Å². The molecule has 4 heteroatoms. The predicted octanol–water partition coefficient (Wildman–Crippen LogP) is 2.69. The van der Waals surface area contributed by atoms with Gasteiger partial charge in [-0.15, -0.1) is 0 Å². The lowest BCUT2D eigenvalue weighted by Crippen LogP contribution is -1.94. The van der Waals surface area contributed by atoms with Crippen LogP contribution in [0.15, 0.2) is 30.3 Å². The summed E-state index contributed by atoms with van der Waals surface area (Å²) in [4.78, 5) is 3.25. The van der Waals surface area contributed by atoms with Crippen LogP contribution >= 0.6 is 0 Å². The molecule has 1 rings (SSSR count). The summed E-state index contributed by atoms with van der Waals surface area (Å²) in [5.41, 5.74) is 6.54. The van der Waals surface area contributed by atoms with Crippen LogP contribution in [0.25, 0.3) is 0 Å². The zero-order chi connectivity index (χ0) is 10.5. The molecule has 0 saturated heterocycles. The van der Waals surface area contributed by atoms with E-state index in [1.165, 1.54) is 12.7 Å². The number of nitrogens with two attached hydrogens (primary N) is 1. The Labute approximate surface area is 87.7 Å². The van der Waals surface area contributed by atoms with Gasteiger partial charge in [0, 0.05) is 7.97 Å². The topological polar surface area (TPSA) is 90.5 Å². The lowest BCUT2D eigenvalue weighted by atomic mass is 10.2. The van der Waals surface area contributed by atoms with Crippen molar-refractivity contribution in [2.24, 2.45) is 5.73 Å². The number of benzene rings is 1. The summed E-state index contributed by atoms with van der Waals surface area (Å²) >= 11 is 0. The fraction of sp³-hybridized carbons (Fsp3) is 0.400. The van der Waals surface area contributed by atoms with Gasteiger partial charge in [-0.3, -0.25) is 5.26 Å². The lowest BCUT2D eigenvalue weighted by Gasteiger charge is -1.90. The van der Waals surface area contributed by atoms with E-state index in [2.05, 4.69) is 4.89 Å². The molecule has 0 aliphatic carbocycles. The van der Waals surface area contributed by atoms with Gasteiger partial charge in [-0.2, -0.15) is 0 Å². The van der Waals surface area contributed by atoms with E-state index in [0.29, 0.717) is 6.54 Å². The second-order valence-electron chi connectivity index (χ2n) is 1.87. The fourth-order valence-corrected chi connectivity index (χ4v) is 0.614. The molecule has 0 heterocycles. The molecule has 14 heavy (non-hydrogen) atoms. The van der Waals surface area contributed by atoms with Crippen LogP contribution in [0.1, 0.15) is 20.8 Å².